The van der Waals surface area contributed by atoms with E-state index in [0.29, 0.717) is 33.4 Å². The van der Waals surface area contributed by atoms with E-state index >= 15 is 0 Å². The molecule has 5 nitrogen and oxygen atoms in total. The van der Waals surface area contributed by atoms with Crippen molar-refractivity contribution in [3.63, 3.8) is 0 Å². The van der Waals surface area contributed by atoms with Crippen LogP contribution in [0.25, 0.3) is 11.3 Å². The second-order valence-corrected chi connectivity index (χ2v) is 5.47. The largest absolute Gasteiger partial charge is 0.360 e. The molecule has 3 rings (SSSR count). The molecule has 0 unspecified atom stereocenters. The quantitative estimate of drug-likeness (QED) is 0.780. The third-order valence-corrected chi connectivity index (χ3v) is 3.68. The number of carbonyl (C=O) groups excluding carboxylic acids is 1. The van der Waals surface area contributed by atoms with Crippen molar-refractivity contribution < 1.29 is 9.32 Å². The number of anilines is 1. The average Bonchev–Trinajstić information content (AvgIpc) is 2.89. The molecule has 0 aliphatic rings. The Labute approximate surface area is 138 Å². The standard InChI is InChI=1S/C17H14ClN3O2/c1-10-6-5-9-14(19-10)20-17(22)15-11(2)23-21-16(15)12-7-3-4-8-13(12)18/h3-9H,1-2H3,(H,19,20,22). The van der Waals surface area contributed by atoms with Gasteiger partial charge in [-0.3, -0.25) is 4.79 Å². The number of carbonyl (C=O) groups is 1. The fraction of sp³-hybridized carbons (Fsp3) is 0.118. The highest BCUT2D eigenvalue weighted by Gasteiger charge is 2.23. The van der Waals surface area contributed by atoms with Crippen molar-refractivity contribution in [2.45, 2.75) is 13.8 Å². The highest BCUT2D eigenvalue weighted by atomic mass is 35.5. The van der Waals surface area contributed by atoms with Gasteiger partial charge in [0.1, 0.15) is 22.8 Å². The Balaban J connectivity index is 1.99. The first-order valence-corrected chi connectivity index (χ1v) is 7.40. The third-order valence-electron chi connectivity index (χ3n) is 3.35. The lowest BCUT2D eigenvalue weighted by molar-refractivity contribution is 0.102. The summed E-state index contributed by atoms with van der Waals surface area (Å²) in [4.78, 5) is 16.9. The van der Waals surface area contributed by atoms with E-state index in [0.717, 1.165) is 5.69 Å². The first-order chi connectivity index (χ1) is 11.1. The number of aryl methyl sites for hydroxylation is 2. The van der Waals surface area contributed by atoms with Crippen molar-refractivity contribution >= 4 is 23.3 Å². The molecule has 1 amide bonds. The van der Waals surface area contributed by atoms with Gasteiger partial charge in [-0.2, -0.15) is 0 Å². The molecule has 0 atom stereocenters. The molecule has 0 spiro atoms. The predicted octanol–water partition coefficient (Wildman–Crippen LogP) is 4.26. The fourth-order valence-corrected chi connectivity index (χ4v) is 2.49. The molecule has 0 radical (unpaired) electrons. The number of halogens is 1. The lowest BCUT2D eigenvalue weighted by atomic mass is 10.1. The zero-order valence-electron chi connectivity index (χ0n) is 12.6. The van der Waals surface area contributed by atoms with Crippen LogP contribution in [0.4, 0.5) is 5.82 Å². The topological polar surface area (TPSA) is 68.0 Å². The minimum Gasteiger partial charge on any atom is -0.360 e. The summed E-state index contributed by atoms with van der Waals surface area (Å²) in [6.45, 7) is 3.54. The van der Waals surface area contributed by atoms with E-state index in [2.05, 4.69) is 15.5 Å². The Morgan fingerprint density at radius 2 is 1.91 bits per heavy atom. The van der Waals surface area contributed by atoms with E-state index in [1.54, 1.807) is 25.1 Å². The molecule has 23 heavy (non-hydrogen) atoms. The van der Waals surface area contributed by atoms with Crippen LogP contribution in [0, 0.1) is 13.8 Å². The number of amides is 1. The summed E-state index contributed by atoms with van der Waals surface area (Å²) in [5, 5.41) is 7.25. The molecule has 1 N–H and O–H groups in total. The maximum absolute atomic E-state index is 12.6. The number of nitrogens with zero attached hydrogens (tertiary/aromatic N) is 2. The number of hydrogen-bond donors (Lipinski definition) is 1. The van der Waals surface area contributed by atoms with Gasteiger partial charge in [0.15, 0.2) is 0 Å². The SMILES string of the molecule is Cc1cccc(NC(=O)c2c(-c3ccccc3Cl)noc2C)n1. The smallest absolute Gasteiger partial charge is 0.262 e. The summed E-state index contributed by atoms with van der Waals surface area (Å²) in [5.74, 6) is 0.558. The van der Waals surface area contributed by atoms with Gasteiger partial charge in [0.25, 0.3) is 5.91 Å². The molecule has 2 aromatic heterocycles. The molecular formula is C17H14ClN3O2. The van der Waals surface area contributed by atoms with Gasteiger partial charge in [0, 0.05) is 11.3 Å². The highest BCUT2D eigenvalue weighted by Crippen LogP contribution is 2.31. The van der Waals surface area contributed by atoms with E-state index in [9.17, 15) is 4.79 Å². The van der Waals surface area contributed by atoms with Crippen molar-refractivity contribution in [3.8, 4) is 11.3 Å². The van der Waals surface area contributed by atoms with Gasteiger partial charge in [-0.15, -0.1) is 0 Å². The number of aromatic nitrogens is 2. The fourth-order valence-electron chi connectivity index (χ4n) is 2.27. The van der Waals surface area contributed by atoms with Crippen LogP contribution in [-0.4, -0.2) is 16.0 Å². The lowest BCUT2D eigenvalue weighted by Crippen LogP contribution is -2.14. The molecule has 0 bridgehead atoms. The molecule has 6 heteroatoms. The van der Waals surface area contributed by atoms with Crippen molar-refractivity contribution in [2.24, 2.45) is 0 Å². The highest BCUT2D eigenvalue weighted by molar-refractivity contribution is 6.33. The van der Waals surface area contributed by atoms with E-state index < -0.39 is 0 Å². The second kappa shape index (κ2) is 6.22. The minimum atomic E-state index is -0.336. The van der Waals surface area contributed by atoms with Crippen molar-refractivity contribution in [3.05, 3.63) is 64.5 Å². The first-order valence-electron chi connectivity index (χ1n) is 7.02. The van der Waals surface area contributed by atoms with Crippen LogP contribution in [0.5, 0.6) is 0 Å². The number of nitrogens with one attached hydrogen (secondary N) is 1. The number of rotatable bonds is 3. The van der Waals surface area contributed by atoms with Crippen LogP contribution in [0.1, 0.15) is 21.8 Å². The van der Waals surface area contributed by atoms with Crippen LogP contribution in [0.15, 0.2) is 47.0 Å². The number of hydrogen-bond acceptors (Lipinski definition) is 4. The second-order valence-electron chi connectivity index (χ2n) is 5.06. The molecule has 3 aromatic rings. The molecule has 0 saturated carbocycles. The Morgan fingerprint density at radius 1 is 1.13 bits per heavy atom. The molecule has 0 fully saturated rings. The van der Waals surface area contributed by atoms with Gasteiger partial charge in [-0.1, -0.05) is 41.0 Å². The minimum absolute atomic E-state index is 0.336. The molecule has 0 aliphatic heterocycles. The molecule has 1 aromatic carbocycles. The number of benzene rings is 1. The Bertz CT molecular complexity index is 874. The van der Waals surface area contributed by atoms with Crippen LogP contribution in [-0.2, 0) is 0 Å². The molecule has 0 saturated heterocycles. The van der Waals surface area contributed by atoms with Crippen LogP contribution >= 0.6 is 11.6 Å². The summed E-state index contributed by atoms with van der Waals surface area (Å²) >= 11 is 6.20. The normalized spacial score (nSPS) is 10.6. The van der Waals surface area contributed by atoms with Crippen molar-refractivity contribution in [1.29, 1.82) is 0 Å². The zero-order valence-corrected chi connectivity index (χ0v) is 13.4. The molecular weight excluding hydrogens is 314 g/mol. The van der Waals surface area contributed by atoms with Gasteiger partial charge in [0.05, 0.1) is 5.02 Å². The summed E-state index contributed by atoms with van der Waals surface area (Å²) < 4.78 is 5.20. The summed E-state index contributed by atoms with van der Waals surface area (Å²) in [7, 11) is 0. The third kappa shape index (κ3) is 3.10. The monoisotopic (exact) mass is 327 g/mol. The maximum atomic E-state index is 12.6. The Morgan fingerprint density at radius 3 is 2.65 bits per heavy atom. The van der Waals surface area contributed by atoms with Gasteiger partial charge in [-0.05, 0) is 32.0 Å². The van der Waals surface area contributed by atoms with Crippen molar-refractivity contribution in [1.82, 2.24) is 10.1 Å². The van der Waals surface area contributed by atoms with E-state index in [-0.39, 0.29) is 5.91 Å². The van der Waals surface area contributed by atoms with Gasteiger partial charge in [-0.25, -0.2) is 4.98 Å². The zero-order chi connectivity index (χ0) is 16.4. The molecule has 0 aliphatic carbocycles. The van der Waals surface area contributed by atoms with Crippen LogP contribution in [0.3, 0.4) is 0 Å². The van der Waals surface area contributed by atoms with Gasteiger partial charge in [0.2, 0.25) is 0 Å². The van der Waals surface area contributed by atoms with E-state index in [1.165, 1.54) is 0 Å². The van der Waals surface area contributed by atoms with Gasteiger partial charge < -0.3 is 9.84 Å². The van der Waals surface area contributed by atoms with E-state index in [1.807, 2.05) is 31.2 Å². The first kappa shape index (κ1) is 15.2. The summed E-state index contributed by atoms with van der Waals surface area (Å²) in [6, 6.07) is 12.6. The molecule has 116 valence electrons. The van der Waals surface area contributed by atoms with Crippen LogP contribution < -0.4 is 5.32 Å². The number of pyridine rings is 1. The Kier molecular flexibility index (Phi) is 4.12. The molecule has 2 heterocycles. The van der Waals surface area contributed by atoms with E-state index in [4.69, 9.17) is 16.1 Å². The summed E-state index contributed by atoms with van der Waals surface area (Å²) in [5.41, 5.74) is 2.23. The lowest BCUT2D eigenvalue weighted by Gasteiger charge is -2.06. The predicted molar refractivity (Wildman–Crippen MR) is 88.6 cm³/mol. The average molecular weight is 328 g/mol. The maximum Gasteiger partial charge on any atom is 0.262 e. The van der Waals surface area contributed by atoms with Crippen LogP contribution in [0.2, 0.25) is 5.02 Å². The van der Waals surface area contributed by atoms with Gasteiger partial charge >= 0.3 is 0 Å². The Hall–Kier alpha value is -2.66. The summed E-state index contributed by atoms with van der Waals surface area (Å²) in [6.07, 6.45) is 0. The van der Waals surface area contributed by atoms with Crippen molar-refractivity contribution in [2.75, 3.05) is 5.32 Å².